The summed E-state index contributed by atoms with van der Waals surface area (Å²) in [5.41, 5.74) is 2.29. The molecule has 1 heterocycles. The highest BCUT2D eigenvalue weighted by molar-refractivity contribution is 6.03. The van der Waals surface area contributed by atoms with Crippen molar-refractivity contribution in [3.8, 4) is 0 Å². The molecule has 0 radical (unpaired) electrons. The number of nitrogens with zero attached hydrogens (tertiary/aromatic N) is 2. The molecule has 0 aliphatic heterocycles. The zero-order chi connectivity index (χ0) is 14.0. The average Bonchev–Trinajstić information content (AvgIpc) is 2.30. The second kappa shape index (κ2) is 5.14. The molecule has 2 rings (SSSR count). The van der Waals surface area contributed by atoms with Crippen LogP contribution in [0, 0.1) is 26.6 Å². The van der Waals surface area contributed by atoms with E-state index in [4.69, 9.17) is 0 Å². The Morgan fingerprint density at radius 2 is 1.74 bits per heavy atom. The first-order valence-corrected chi connectivity index (χ1v) is 5.85. The van der Waals surface area contributed by atoms with Gasteiger partial charge in [0.25, 0.3) is 5.91 Å². The van der Waals surface area contributed by atoms with Gasteiger partial charge in [-0.15, -0.1) is 0 Å². The topological polar surface area (TPSA) is 54.9 Å². The third kappa shape index (κ3) is 3.13. The van der Waals surface area contributed by atoms with Crippen LogP contribution in [0.15, 0.2) is 24.3 Å². The van der Waals surface area contributed by atoms with Gasteiger partial charge in [0.15, 0.2) is 0 Å². The summed E-state index contributed by atoms with van der Waals surface area (Å²) in [6, 6.07) is 6.17. The van der Waals surface area contributed by atoms with Crippen molar-refractivity contribution in [3.05, 3.63) is 52.6 Å². The molecule has 1 N–H and O–H groups in total. The molecule has 0 aliphatic carbocycles. The minimum absolute atomic E-state index is 0.0113. The van der Waals surface area contributed by atoms with Gasteiger partial charge in [-0.1, -0.05) is 11.6 Å². The van der Waals surface area contributed by atoms with E-state index in [2.05, 4.69) is 15.3 Å². The molecule has 0 bridgehead atoms. The van der Waals surface area contributed by atoms with Crippen LogP contribution in [0.2, 0.25) is 0 Å². The summed E-state index contributed by atoms with van der Waals surface area (Å²) in [4.78, 5) is 20.2. The highest BCUT2D eigenvalue weighted by Crippen LogP contribution is 2.12. The molecule has 98 valence electrons. The fourth-order valence-electron chi connectivity index (χ4n) is 1.76. The van der Waals surface area contributed by atoms with Gasteiger partial charge in [-0.25, -0.2) is 14.4 Å². The first-order chi connectivity index (χ1) is 8.95. The van der Waals surface area contributed by atoms with E-state index < -0.39 is 11.7 Å². The molecule has 19 heavy (non-hydrogen) atoms. The lowest BCUT2D eigenvalue weighted by Crippen LogP contribution is -2.16. The van der Waals surface area contributed by atoms with E-state index in [-0.39, 0.29) is 11.5 Å². The number of carbonyl (C=O) groups excluding carboxylic acids is 1. The van der Waals surface area contributed by atoms with E-state index in [1.165, 1.54) is 12.1 Å². The van der Waals surface area contributed by atoms with E-state index in [0.29, 0.717) is 0 Å². The van der Waals surface area contributed by atoms with Crippen LogP contribution in [0.3, 0.4) is 0 Å². The number of nitrogens with one attached hydrogen (secondary N) is 1. The second-order valence-electron chi connectivity index (χ2n) is 4.41. The molecular formula is C14H14FN3O. The predicted molar refractivity (Wildman–Crippen MR) is 70.6 cm³/mol. The molecule has 0 fully saturated rings. The van der Waals surface area contributed by atoms with E-state index in [9.17, 15) is 9.18 Å². The number of rotatable bonds is 2. The molecule has 4 nitrogen and oxygen atoms in total. The third-order valence-electron chi connectivity index (χ3n) is 2.57. The van der Waals surface area contributed by atoms with Gasteiger partial charge in [0.2, 0.25) is 5.95 Å². The maximum Gasteiger partial charge on any atom is 0.261 e. The van der Waals surface area contributed by atoms with Crippen LogP contribution in [0.1, 0.15) is 27.3 Å². The third-order valence-corrected chi connectivity index (χ3v) is 2.57. The molecule has 0 saturated heterocycles. The molecule has 1 amide bonds. The van der Waals surface area contributed by atoms with Crippen LogP contribution in [-0.2, 0) is 0 Å². The minimum Gasteiger partial charge on any atom is -0.290 e. The lowest BCUT2D eigenvalue weighted by atomic mass is 10.1. The maximum absolute atomic E-state index is 13.6. The number of benzene rings is 1. The smallest absolute Gasteiger partial charge is 0.261 e. The summed E-state index contributed by atoms with van der Waals surface area (Å²) >= 11 is 0. The number of anilines is 1. The highest BCUT2D eigenvalue weighted by Gasteiger charge is 2.13. The lowest BCUT2D eigenvalue weighted by molar-refractivity contribution is 0.102. The first-order valence-electron chi connectivity index (χ1n) is 5.85. The van der Waals surface area contributed by atoms with Gasteiger partial charge >= 0.3 is 0 Å². The number of aryl methyl sites for hydroxylation is 3. The molecule has 2 aromatic rings. The van der Waals surface area contributed by atoms with Crippen molar-refractivity contribution in [2.24, 2.45) is 0 Å². The van der Waals surface area contributed by atoms with Crippen LogP contribution in [0.5, 0.6) is 0 Å². The molecule has 0 aliphatic rings. The van der Waals surface area contributed by atoms with Crippen LogP contribution in [-0.4, -0.2) is 15.9 Å². The van der Waals surface area contributed by atoms with Crippen molar-refractivity contribution in [3.63, 3.8) is 0 Å². The number of aromatic nitrogens is 2. The molecule has 1 aromatic heterocycles. The van der Waals surface area contributed by atoms with Gasteiger partial charge in [-0.05, 0) is 39.0 Å². The van der Waals surface area contributed by atoms with Gasteiger partial charge in [0, 0.05) is 11.4 Å². The Morgan fingerprint density at radius 3 is 2.37 bits per heavy atom. The zero-order valence-corrected chi connectivity index (χ0v) is 11.0. The summed E-state index contributed by atoms with van der Waals surface area (Å²) in [5, 5.41) is 2.51. The van der Waals surface area contributed by atoms with E-state index >= 15 is 0 Å². The molecule has 1 aromatic carbocycles. The van der Waals surface area contributed by atoms with Crippen LogP contribution < -0.4 is 5.32 Å². The van der Waals surface area contributed by atoms with Gasteiger partial charge in [-0.3, -0.25) is 10.1 Å². The van der Waals surface area contributed by atoms with Crippen LogP contribution >= 0.6 is 0 Å². The molecule has 0 spiro atoms. The summed E-state index contributed by atoms with van der Waals surface area (Å²) in [5.74, 6) is -0.929. The second-order valence-corrected chi connectivity index (χ2v) is 4.41. The number of carbonyl (C=O) groups is 1. The number of hydrogen-bond donors (Lipinski definition) is 1. The van der Waals surface area contributed by atoms with Crippen molar-refractivity contribution in [1.82, 2.24) is 9.97 Å². The monoisotopic (exact) mass is 259 g/mol. The Labute approximate surface area is 110 Å². The van der Waals surface area contributed by atoms with Crippen molar-refractivity contribution in [2.75, 3.05) is 5.32 Å². The Balaban J connectivity index is 2.28. The standard InChI is InChI=1S/C14H14FN3O/c1-8-4-5-12(15)11(6-8)13(19)18-14-16-9(2)7-10(3)17-14/h4-7H,1-3H3,(H,16,17,18,19). The van der Waals surface area contributed by atoms with E-state index in [1.807, 2.05) is 0 Å². The van der Waals surface area contributed by atoms with E-state index in [0.717, 1.165) is 17.0 Å². The van der Waals surface area contributed by atoms with Gasteiger partial charge in [-0.2, -0.15) is 0 Å². The predicted octanol–water partition coefficient (Wildman–Crippen LogP) is 2.79. The number of hydrogen-bond acceptors (Lipinski definition) is 3. The van der Waals surface area contributed by atoms with Crippen molar-refractivity contribution >= 4 is 11.9 Å². The fourth-order valence-corrected chi connectivity index (χ4v) is 1.76. The highest BCUT2D eigenvalue weighted by atomic mass is 19.1. The lowest BCUT2D eigenvalue weighted by Gasteiger charge is -2.07. The SMILES string of the molecule is Cc1ccc(F)c(C(=O)Nc2nc(C)cc(C)n2)c1. The van der Waals surface area contributed by atoms with Crippen LogP contribution in [0.25, 0.3) is 0 Å². The average molecular weight is 259 g/mol. The summed E-state index contributed by atoms with van der Waals surface area (Å²) in [6.45, 7) is 5.40. The Hall–Kier alpha value is -2.30. The van der Waals surface area contributed by atoms with E-state index in [1.54, 1.807) is 32.9 Å². The van der Waals surface area contributed by atoms with Crippen molar-refractivity contribution in [2.45, 2.75) is 20.8 Å². The normalized spacial score (nSPS) is 10.3. The zero-order valence-electron chi connectivity index (χ0n) is 11.0. The van der Waals surface area contributed by atoms with Gasteiger partial charge in [0.1, 0.15) is 5.82 Å². The maximum atomic E-state index is 13.6. The largest absolute Gasteiger partial charge is 0.290 e. The molecular weight excluding hydrogens is 245 g/mol. The van der Waals surface area contributed by atoms with Gasteiger partial charge in [0.05, 0.1) is 5.56 Å². The molecule has 5 heteroatoms. The molecule has 0 atom stereocenters. The minimum atomic E-state index is -0.563. The number of halogens is 1. The van der Waals surface area contributed by atoms with Crippen LogP contribution in [0.4, 0.5) is 10.3 Å². The summed E-state index contributed by atoms with van der Waals surface area (Å²) in [6.07, 6.45) is 0. The van der Waals surface area contributed by atoms with Gasteiger partial charge < -0.3 is 0 Å². The summed E-state index contributed by atoms with van der Waals surface area (Å²) in [7, 11) is 0. The quantitative estimate of drug-likeness (QED) is 0.902. The fraction of sp³-hybridized carbons (Fsp3) is 0.214. The first kappa shape index (κ1) is 13.1. The van der Waals surface area contributed by atoms with Crippen molar-refractivity contribution < 1.29 is 9.18 Å². The summed E-state index contributed by atoms with van der Waals surface area (Å²) < 4.78 is 13.6. The Morgan fingerprint density at radius 1 is 1.11 bits per heavy atom. The molecule has 0 saturated carbocycles. The number of amides is 1. The Kier molecular flexibility index (Phi) is 3.55. The molecule has 0 unspecified atom stereocenters. The Bertz CT molecular complexity index is 620. The van der Waals surface area contributed by atoms with Crippen molar-refractivity contribution in [1.29, 1.82) is 0 Å².